The first-order chi connectivity index (χ1) is 31.9. The van der Waals surface area contributed by atoms with Gasteiger partial charge in [-0.15, -0.1) is 0 Å². The molecule has 1 spiro atoms. The van der Waals surface area contributed by atoms with Crippen molar-refractivity contribution in [1.29, 1.82) is 0 Å². The van der Waals surface area contributed by atoms with Gasteiger partial charge in [0, 0.05) is 42.5 Å². The van der Waals surface area contributed by atoms with E-state index in [9.17, 15) is 19.5 Å². The number of hydrogen-bond donors (Lipinski definition) is 5. The van der Waals surface area contributed by atoms with Gasteiger partial charge in [0.15, 0.2) is 5.60 Å². The zero-order valence-electron chi connectivity index (χ0n) is 38.6. The molecule has 4 aromatic rings. The lowest BCUT2D eigenvalue weighted by molar-refractivity contribution is -0.151. The van der Waals surface area contributed by atoms with Crippen LogP contribution in [0.4, 0.5) is 17.1 Å². The normalized spacial score (nSPS) is 26.2. The number of ether oxygens (including phenoxy) is 2. The summed E-state index contributed by atoms with van der Waals surface area (Å²) >= 11 is 0. The van der Waals surface area contributed by atoms with Gasteiger partial charge in [-0.05, 0) is 110 Å². The van der Waals surface area contributed by atoms with Crippen molar-refractivity contribution in [2.45, 2.75) is 94.9 Å². The fraction of sp³-hybridized carbons (Fsp3) is 0.462. The van der Waals surface area contributed by atoms with Crippen molar-refractivity contribution in [1.82, 2.24) is 15.5 Å². The lowest BCUT2D eigenvalue weighted by atomic mass is 9.82. The number of anilines is 3. The van der Waals surface area contributed by atoms with Gasteiger partial charge in [0.25, 0.3) is 5.91 Å². The summed E-state index contributed by atoms with van der Waals surface area (Å²) in [6.07, 6.45) is 3.46. The first-order valence-electron chi connectivity index (χ1n) is 23.8. The molecule has 0 aromatic heterocycles. The predicted molar refractivity (Wildman–Crippen MR) is 258 cm³/mol. The van der Waals surface area contributed by atoms with Crippen molar-refractivity contribution in [2.75, 3.05) is 55.4 Å². The van der Waals surface area contributed by atoms with Crippen LogP contribution in [0.1, 0.15) is 61.3 Å². The minimum absolute atomic E-state index is 0.00348. The molecule has 7 atom stereocenters. The van der Waals surface area contributed by atoms with Crippen LogP contribution in [-0.2, 0) is 49.0 Å². The standard InChI is InChI=1S/C52H64N6O7Si/c1-33-48(66(3,4)43-20-18-42(64-2)19-21-43)46(27-47(60)57-31-38-10-6-5-9-35(38)25-41(57)32-59)65-52(33)44-26-40(56-50(62)37-12-8-24-54-29-37)17-22-45(44)58(51(52)63)30-34-13-15-39(16-14-34)55-49(61)36-11-7-23-53-28-36/h5-6,9-10,13-22,26,33,36-37,41,46,48,53-54,59H,7-8,11-12,23-25,27-32H2,1-4H3,(H,55,61)(H,56,62)/t33-,36?,37?,41-,46+,48-,52+/m0/s1. The maximum Gasteiger partial charge on any atom is 0.264 e. The molecular weight excluding hydrogens is 849 g/mol. The molecule has 2 unspecified atom stereocenters. The number of rotatable bonds is 12. The smallest absolute Gasteiger partial charge is 0.264 e. The summed E-state index contributed by atoms with van der Waals surface area (Å²) in [7, 11) is -0.982. The summed E-state index contributed by atoms with van der Waals surface area (Å²) in [6, 6.07) is 29.2. The van der Waals surface area contributed by atoms with Crippen LogP contribution in [0.2, 0.25) is 18.6 Å². The van der Waals surface area contributed by atoms with E-state index in [4.69, 9.17) is 9.47 Å². The number of piperidine rings is 2. The van der Waals surface area contributed by atoms with Gasteiger partial charge in [0.1, 0.15) is 5.75 Å². The van der Waals surface area contributed by atoms with Crippen LogP contribution in [0.5, 0.6) is 5.75 Å². The number of fused-ring (bicyclic) bond motifs is 3. The van der Waals surface area contributed by atoms with Crippen molar-refractivity contribution in [3.05, 3.63) is 113 Å². The molecule has 4 aromatic carbocycles. The summed E-state index contributed by atoms with van der Waals surface area (Å²) < 4.78 is 13.0. The van der Waals surface area contributed by atoms with E-state index >= 15 is 4.79 Å². The molecule has 0 bridgehead atoms. The van der Waals surface area contributed by atoms with Gasteiger partial charge >= 0.3 is 0 Å². The molecular formula is C52H64N6O7Si. The third-order valence-corrected chi connectivity index (χ3v) is 19.6. The van der Waals surface area contributed by atoms with E-state index in [2.05, 4.69) is 59.5 Å². The van der Waals surface area contributed by atoms with Gasteiger partial charge in [-0.25, -0.2) is 0 Å². The van der Waals surface area contributed by atoms with Crippen LogP contribution in [0.15, 0.2) is 91.0 Å². The van der Waals surface area contributed by atoms with Crippen LogP contribution >= 0.6 is 0 Å². The number of amides is 4. The minimum atomic E-state index is -2.63. The van der Waals surface area contributed by atoms with Crippen LogP contribution < -0.4 is 36.1 Å². The molecule has 5 N–H and O–H groups in total. The van der Waals surface area contributed by atoms with Gasteiger partial charge in [-0.3, -0.25) is 19.2 Å². The monoisotopic (exact) mass is 912 g/mol. The van der Waals surface area contributed by atoms with Crippen molar-refractivity contribution in [3.8, 4) is 5.75 Å². The highest BCUT2D eigenvalue weighted by Gasteiger charge is 2.66. The van der Waals surface area contributed by atoms with Crippen LogP contribution in [0.25, 0.3) is 0 Å². The van der Waals surface area contributed by atoms with Gasteiger partial charge in [0.2, 0.25) is 17.7 Å². The molecule has 9 rings (SSSR count). The maximum atomic E-state index is 15.7. The first-order valence-corrected chi connectivity index (χ1v) is 26.9. The average Bonchev–Trinajstić information content (AvgIpc) is 3.77. The maximum absolute atomic E-state index is 15.7. The Morgan fingerprint density at radius 2 is 1.50 bits per heavy atom. The average molecular weight is 913 g/mol. The molecule has 5 aliphatic heterocycles. The second kappa shape index (κ2) is 19.1. The molecule has 5 heterocycles. The first kappa shape index (κ1) is 45.8. The molecule has 348 valence electrons. The van der Waals surface area contributed by atoms with E-state index in [-0.39, 0.29) is 66.6 Å². The van der Waals surface area contributed by atoms with Crippen LogP contribution in [0.3, 0.4) is 0 Å². The lowest BCUT2D eigenvalue weighted by Crippen LogP contribution is -2.52. The van der Waals surface area contributed by atoms with E-state index in [0.29, 0.717) is 48.7 Å². The molecule has 0 aliphatic carbocycles. The molecule has 5 aliphatic rings. The number of aliphatic hydroxyl groups excluding tert-OH is 1. The minimum Gasteiger partial charge on any atom is -0.497 e. The van der Waals surface area contributed by atoms with Crippen LogP contribution in [0, 0.1) is 17.8 Å². The van der Waals surface area contributed by atoms with E-state index in [1.807, 2.05) is 72.8 Å². The molecule has 3 saturated heterocycles. The highest BCUT2D eigenvalue weighted by atomic mass is 28.3. The summed E-state index contributed by atoms with van der Waals surface area (Å²) in [5, 5.41) is 24.7. The number of methoxy groups -OCH3 is 1. The Balaban J connectivity index is 1.08. The third kappa shape index (κ3) is 8.69. The molecule has 3 fully saturated rings. The quantitative estimate of drug-likeness (QED) is 0.113. The van der Waals surface area contributed by atoms with Gasteiger partial charge in [-0.2, -0.15) is 0 Å². The third-order valence-electron chi connectivity index (χ3n) is 15.3. The second-order valence-corrected chi connectivity index (χ2v) is 24.3. The topological polar surface area (TPSA) is 162 Å². The Morgan fingerprint density at radius 3 is 2.12 bits per heavy atom. The number of nitrogens with one attached hydrogen (secondary N) is 4. The molecule has 0 radical (unpaired) electrons. The number of hydrogen-bond acceptors (Lipinski definition) is 9. The Hall–Kier alpha value is -5.38. The number of carbonyl (C=O) groups excluding carboxylic acids is 4. The zero-order chi connectivity index (χ0) is 46.2. The predicted octanol–water partition coefficient (Wildman–Crippen LogP) is 5.67. The molecule has 0 saturated carbocycles. The Morgan fingerprint density at radius 1 is 0.864 bits per heavy atom. The molecule has 66 heavy (non-hydrogen) atoms. The molecule has 14 heteroatoms. The van der Waals surface area contributed by atoms with Crippen molar-refractivity contribution >= 4 is 54.0 Å². The van der Waals surface area contributed by atoms with E-state index in [1.54, 1.807) is 16.9 Å². The summed E-state index contributed by atoms with van der Waals surface area (Å²) in [5.74, 6) is -0.319. The van der Waals surface area contributed by atoms with Gasteiger partial charge < -0.3 is 45.6 Å². The summed E-state index contributed by atoms with van der Waals surface area (Å²) in [4.78, 5) is 60.9. The van der Waals surface area contributed by atoms with Crippen molar-refractivity contribution in [2.24, 2.45) is 17.8 Å². The Labute approximate surface area is 389 Å². The molecule has 4 amide bonds. The number of benzene rings is 4. The molecule has 13 nitrogen and oxygen atoms in total. The number of carbonyl (C=O) groups is 4. The number of nitrogens with zero attached hydrogens (tertiary/aromatic N) is 2. The number of aliphatic hydroxyl groups is 1. The fourth-order valence-electron chi connectivity index (χ4n) is 11.6. The summed E-state index contributed by atoms with van der Waals surface area (Å²) in [6.45, 7) is 10.2. The van der Waals surface area contributed by atoms with Crippen molar-refractivity contribution < 1.29 is 33.8 Å². The van der Waals surface area contributed by atoms with Gasteiger partial charge in [-0.1, -0.05) is 73.7 Å². The van der Waals surface area contributed by atoms with E-state index in [0.717, 1.165) is 66.4 Å². The highest BCUT2D eigenvalue weighted by Crippen LogP contribution is 2.60. The fourth-order valence-corrected chi connectivity index (χ4v) is 15.6. The largest absolute Gasteiger partial charge is 0.497 e. The Kier molecular flexibility index (Phi) is 13.2. The van der Waals surface area contributed by atoms with Gasteiger partial charge in [0.05, 0.1) is 64.4 Å². The second-order valence-electron chi connectivity index (χ2n) is 19.6. The van der Waals surface area contributed by atoms with Crippen molar-refractivity contribution in [3.63, 3.8) is 0 Å². The summed E-state index contributed by atoms with van der Waals surface area (Å²) in [5.41, 5.74) is 4.00. The lowest BCUT2D eigenvalue weighted by Gasteiger charge is -2.39. The zero-order valence-corrected chi connectivity index (χ0v) is 39.6. The van der Waals surface area contributed by atoms with E-state index < -0.39 is 25.7 Å². The Bertz CT molecular complexity index is 2440. The van der Waals surface area contributed by atoms with E-state index in [1.165, 1.54) is 0 Å². The SMILES string of the molecule is COc1ccc([Si](C)(C)[C@@H]2[C@@H](CC(=O)N3Cc4ccccc4C[C@H]3CO)O[C@]3(C(=O)N(Cc4ccc(NC(=O)C5CCCNC5)cc4)c4ccc(NC(=O)C5CCCNC5)cc43)[C@H]2C)cc1. The highest BCUT2D eigenvalue weighted by molar-refractivity contribution is 6.91. The van der Waals surface area contributed by atoms with Crippen LogP contribution in [-0.4, -0.2) is 93.8 Å².